The first-order valence-electron chi connectivity index (χ1n) is 8.21. The predicted octanol–water partition coefficient (Wildman–Crippen LogP) is 3.23. The van der Waals surface area contributed by atoms with Crippen molar-refractivity contribution < 1.29 is 13.2 Å². The van der Waals surface area contributed by atoms with Crippen LogP contribution in [0.3, 0.4) is 0 Å². The molecule has 0 unspecified atom stereocenters. The van der Waals surface area contributed by atoms with Crippen LogP contribution in [0.1, 0.15) is 18.4 Å². The molecule has 1 amide bonds. The van der Waals surface area contributed by atoms with Gasteiger partial charge in [0.2, 0.25) is 9.84 Å². The molecule has 0 saturated carbocycles. The van der Waals surface area contributed by atoms with Crippen molar-refractivity contribution in [3.8, 4) is 0 Å². The number of rotatable bonds is 2. The van der Waals surface area contributed by atoms with Crippen LogP contribution in [-0.2, 0) is 14.6 Å². The number of carbonyl (C=O) groups is 1. The van der Waals surface area contributed by atoms with E-state index in [0.717, 1.165) is 18.5 Å². The maximum Gasteiger partial charge on any atom is 0.269 e. The number of allylic oxidation sites excluding steroid dienone is 1. The number of sulfone groups is 1. The fraction of sp³-hybridized carbons (Fsp3) is 0.211. The number of aryl methyl sites for hydroxylation is 1. The molecule has 0 aromatic heterocycles. The Kier molecular flexibility index (Phi) is 3.65. The van der Waals surface area contributed by atoms with Gasteiger partial charge in [-0.3, -0.25) is 4.79 Å². The Labute approximate surface area is 146 Å². The van der Waals surface area contributed by atoms with E-state index < -0.39 is 15.7 Å². The molecule has 1 N–H and O–H groups in total. The zero-order chi connectivity index (χ0) is 17.6. The Bertz CT molecular complexity index is 1010. The van der Waals surface area contributed by atoms with Crippen molar-refractivity contribution in [1.82, 2.24) is 0 Å². The van der Waals surface area contributed by atoms with Gasteiger partial charge in [0.25, 0.3) is 5.91 Å². The summed E-state index contributed by atoms with van der Waals surface area (Å²) < 4.78 is 26.2. The highest BCUT2D eigenvalue weighted by molar-refractivity contribution is 7.96. The van der Waals surface area contributed by atoms with Crippen LogP contribution in [0.4, 0.5) is 11.4 Å². The fourth-order valence-corrected chi connectivity index (χ4v) is 5.26. The molecule has 0 bridgehead atoms. The van der Waals surface area contributed by atoms with Crippen LogP contribution < -0.4 is 10.2 Å². The molecule has 1 saturated heterocycles. The van der Waals surface area contributed by atoms with E-state index in [1.807, 2.05) is 36.1 Å². The van der Waals surface area contributed by atoms with Crippen molar-refractivity contribution in [3.05, 3.63) is 64.7 Å². The minimum Gasteiger partial charge on any atom is -0.343 e. The molecule has 0 atom stereocenters. The van der Waals surface area contributed by atoms with Crippen molar-refractivity contribution in [1.29, 1.82) is 0 Å². The molecular weight excluding hydrogens is 336 g/mol. The van der Waals surface area contributed by atoms with E-state index in [0.29, 0.717) is 23.5 Å². The van der Waals surface area contributed by atoms with Gasteiger partial charge in [0, 0.05) is 17.9 Å². The highest BCUT2D eigenvalue weighted by Crippen LogP contribution is 2.43. The summed E-state index contributed by atoms with van der Waals surface area (Å²) in [4.78, 5) is 14.9. The third-order valence-corrected chi connectivity index (χ3v) is 6.46. The molecule has 1 fully saturated rings. The standard InChI is InChI=1S/C19H18N2O3S/c1-13-6-4-7-14(12-13)20-19(22)18-16-9-5-11-21(16)15-8-2-3-10-17(15)25(18,23)24/h2-4,6-8,10,12H,5,9,11H2,1H3,(H,20,22). The first kappa shape index (κ1) is 15.9. The molecule has 6 heteroatoms. The van der Waals surface area contributed by atoms with Crippen LogP contribution in [0.15, 0.2) is 64.0 Å². The zero-order valence-electron chi connectivity index (χ0n) is 13.8. The van der Waals surface area contributed by atoms with Gasteiger partial charge < -0.3 is 10.2 Å². The maximum absolute atomic E-state index is 13.1. The third-order valence-electron chi connectivity index (χ3n) is 4.58. The molecule has 0 spiro atoms. The number of fused-ring (bicyclic) bond motifs is 3. The van der Waals surface area contributed by atoms with Crippen molar-refractivity contribution >= 4 is 27.1 Å². The number of amides is 1. The summed E-state index contributed by atoms with van der Waals surface area (Å²) in [6.45, 7) is 2.65. The fourth-order valence-electron chi connectivity index (χ4n) is 3.51. The Morgan fingerprint density at radius 1 is 1.12 bits per heavy atom. The predicted molar refractivity (Wildman–Crippen MR) is 97.0 cm³/mol. The summed E-state index contributed by atoms with van der Waals surface area (Å²) in [6, 6.07) is 14.2. The van der Waals surface area contributed by atoms with Crippen LogP contribution in [-0.4, -0.2) is 20.9 Å². The highest BCUT2D eigenvalue weighted by Gasteiger charge is 2.41. The Morgan fingerprint density at radius 3 is 2.72 bits per heavy atom. The molecule has 0 radical (unpaired) electrons. The van der Waals surface area contributed by atoms with Crippen LogP contribution >= 0.6 is 0 Å². The maximum atomic E-state index is 13.1. The molecule has 2 aliphatic rings. The molecule has 5 nitrogen and oxygen atoms in total. The van der Waals surface area contributed by atoms with Gasteiger partial charge in [-0.05, 0) is 49.6 Å². The van der Waals surface area contributed by atoms with Crippen LogP contribution in [0, 0.1) is 6.92 Å². The van der Waals surface area contributed by atoms with E-state index in [-0.39, 0.29) is 9.80 Å². The van der Waals surface area contributed by atoms with Gasteiger partial charge in [0.1, 0.15) is 0 Å². The number of nitrogens with one attached hydrogen (secondary N) is 1. The van der Waals surface area contributed by atoms with Crippen LogP contribution in [0.2, 0.25) is 0 Å². The van der Waals surface area contributed by atoms with Gasteiger partial charge in [0.15, 0.2) is 4.91 Å². The lowest BCUT2D eigenvalue weighted by Gasteiger charge is -2.29. The van der Waals surface area contributed by atoms with E-state index in [1.54, 1.807) is 24.3 Å². The lowest BCUT2D eigenvalue weighted by atomic mass is 10.2. The number of para-hydroxylation sites is 1. The van der Waals surface area contributed by atoms with Gasteiger partial charge >= 0.3 is 0 Å². The van der Waals surface area contributed by atoms with Crippen molar-refractivity contribution in [3.63, 3.8) is 0 Å². The molecule has 2 aromatic rings. The summed E-state index contributed by atoms with van der Waals surface area (Å²) in [5.41, 5.74) is 2.86. The van der Waals surface area contributed by atoms with Gasteiger partial charge in [-0.1, -0.05) is 24.3 Å². The summed E-state index contributed by atoms with van der Waals surface area (Å²) in [5, 5.41) is 2.75. The van der Waals surface area contributed by atoms with Gasteiger partial charge in [-0.2, -0.15) is 0 Å². The first-order valence-corrected chi connectivity index (χ1v) is 9.69. The number of carbonyl (C=O) groups excluding carboxylic acids is 1. The van der Waals surface area contributed by atoms with Crippen molar-refractivity contribution in [2.24, 2.45) is 0 Å². The summed E-state index contributed by atoms with van der Waals surface area (Å²) in [7, 11) is -3.84. The van der Waals surface area contributed by atoms with Crippen LogP contribution in [0.5, 0.6) is 0 Å². The topological polar surface area (TPSA) is 66.5 Å². The monoisotopic (exact) mass is 354 g/mol. The summed E-state index contributed by atoms with van der Waals surface area (Å²) >= 11 is 0. The minimum absolute atomic E-state index is 0.120. The molecule has 2 aromatic carbocycles. The molecular formula is C19H18N2O3S. The average Bonchev–Trinajstić information content (AvgIpc) is 3.03. The quantitative estimate of drug-likeness (QED) is 0.899. The molecule has 2 aliphatic heterocycles. The number of hydrogen-bond acceptors (Lipinski definition) is 4. The zero-order valence-corrected chi connectivity index (χ0v) is 14.6. The number of anilines is 2. The van der Waals surface area contributed by atoms with Gasteiger partial charge in [-0.25, -0.2) is 8.42 Å². The Morgan fingerprint density at radius 2 is 1.92 bits per heavy atom. The second kappa shape index (κ2) is 5.74. The molecule has 0 aliphatic carbocycles. The average molecular weight is 354 g/mol. The summed E-state index contributed by atoms with van der Waals surface area (Å²) in [5.74, 6) is -0.568. The minimum atomic E-state index is -3.84. The third kappa shape index (κ3) is 2.53. The van der Waals surface area contributed by atoms with Gasteiger partial charge in [-0.15, -0.1) is 0 Å². The first-order chi connectivity index (χ1) is 12.0. The molecule has 4 rings (SSSR count). The highest BCUT2D eigenvalue weighted by atomic mass is 32.2. The van der Waals surface area contributed by atoms with E-state index in [4.69, 9.17) is 0 Å². The van der Waals surface area contributed by atoms with Crippen LogP contribution in [0.25, 0.3) is 0 Å². The Hall–Kier alpha value is -2.60. The lowest BCUT2D eigenvalue weighted by molar-refractivity contribution is -0.112. The second-order valence-corrected chi connectivity index (χ2v) is 8.18. The number of hydrogen-bond donors (Lipinski definition) is 1. The Balaban J connectivity index is 1.81. The normalized spacial score (nSPS) is 17.9. The molecule has 128 valence electrons. The number of nitrogens with zero attached hydrogens (tertiary/aromatic N) is 1. The lowest BCUT2D eigenvalue weighted by Crippen LogP contribution is -2.32. The second-order valence-electron chi connectivity index (χ2n) is 6.33. The van der Waals surface area contributed by atoms with E-state index >= 15 is 0 Å². The van der Waals surface area contributed by atoms with E-state index in [2.05, 4.69) is 5.32 Å². The smallest absolute Gasteiger partial charge is 0.269 e. The number of benzene rings is 2. The van der Waals surface area contributed by atoms with Gasteiger partial charge in [0.05, 0.1) is 10.6 Å². The molecule has 2 heterocycles. The summed E-state index contributed by atoms with van der Waals surface area (Å²) in [6.07, 6.45) is 1.42. The SMILES string of the molecule is Cc1cccc(NC(=O)C2=C3CCCN3c3ccccc3S2(=O)=O)c1. The van der Waals surface area contributed by atoms with E-state index in [9.17, 15) is 13.2 Å². The molecule has 25 heavy (non-hydrogen) atoms. The van der Waals surface area contributed by atoms with Crippen molar-refractivity contribution in [2.75, 3.05) is 16.8 Å². The van der Waals surface area contributed by atoms with E-state index in [1.165, 1.54) is 0 Å². The largest absolute Gasteiger partial charge is 0.343 e. The van der Waals surface area contributed by atoms with Crippen molar-refractivity contribution in [2.45, 2.75) is 24.7 Å².